The molecular formula is C30H34N4O2. The summed E-state index contributed by atoms with van der Waals surface area (Å²) in [5, 5.41) is 11.0. The van der Waals surface area contributed by atoms with E-state index in [0.29, 0.717) is 18.2 Å². The lowest BCUT2D eigenvalue weighted by Gasteiger charge is -2.25. The van der Waals surface area contributed by atoms with Gasteiger partial charge in [-0.3, -0.25) is 14.7 Å². The Labute approximate surface area is 212 Å². The largest absolute Gasteiger partial charge is 0.349 e. The first kappa shape index (κ1) is 23.0. The van der Waals surface area contributed by atoms with Crippen molar-refractivity contribution in [3.05, 3.63) is 76.0 Å². The number of carbonyl (C=O) groups is 2. The standard InChI is InChI=1S/C30H34N4O2/c1-18(19-8-10-20(11-9-19)28(35)31-23-6-4-5-7-23)34-17-22-14-21(12-13-24(22)29(34)36)27-25-15-30(2,3)16-26(25)32-33-27/h8-14,18,23H,4-7,15-17H2,1-3H3,(H,31,35)(H,32,33)/t18-/m1/s1. The van der Waals surface area contributed by atoms with Gasteiger partial charge in [-0.15, -0.1) is 0 Å². The Kier molecular flexibility index (Phi) is 5.51. The Bertz CT molecular complexity index is 1330. The van der Waals surface area contributed by atoms with Crippen LogP contribution < -0.4 is 5.32 Å². The summed E-state index contributed by atoms with van der Waals surface area (Å²) in [6, 6.07) is 14.0. The molecule has 0 spiro atoms. The highest BCUT2D eigenvalue weighted by Gasteiger charge is 2.35. The van der Waals surface area contributed by atoms with Gasteiger partial charge in [0.05, 0.1) is 11.7 Å². The minimum Gasteiger partial charge on any atom is -0.349 e. The number of benzene rings is 2. The molecule has 1 aliphatic heterocycles. The molecule has 2 aliphatic carbocycles. The second-order valence-corrected chi connectivity index (χ2v) is 11.6. The first-order valence-electron chi connectivity index (χ1n) is 13.2. The quantitative estimate of drug-likeness (QED) is 0.498. The van der Waals surface area contributed by atoms with Gasteiger partial charge in [-0.1, -0.05) is 44.9 Å². The summed E-state index contributed by atoms with van der Waals surface area (Å²) in [7, 11) is 0. The van der Waals surface area contributed by atoms with E-state index in [0.717, 1.165) is 53.6 Å². The fraction of sp³-hybridized carbons (Fsp3) is 0.433. The van der Waals surface area contributed by atoms with Crippen LogP contribution in [0.1, 0.15) is 95.6 Å². The predicted molar refractivity (Wildman–Crippen MR) is 140 cm³/mol. The zero-order valence-corrected chi connectivity index (χ0v) is 21.4. The fourth-order valence-corrected chi connectivity index (χ4v) is 6.23. The maximum absolute atomic E-state index is 13.3. The molecular weight excluding hydrogens is 448 g/mol. The average Bonchev–Trinajstić information content (AvgIpc) is 3.63. The molecule has 1 aromatic heterocycles. The Hall–Kier alpha value is -3.41. The number of H-pyrrole nitrogens is 1. The normalized spacial score (nSPS) is 19.4. The van der Waals surface area contributed by atoms with Gasteiger partial charge in [0.1, 0.15) is 0 Å². The van der Waals surface area contributed by atoms with E-state index in [-0.39, 0.29) is 23.3 Å². The molecule has 186 valence electrons. The Morgan fingerprint density at radius 2 is 1.86 bits per heavy atom. The van der Waals surface area contributed by atoms with Crippen LogP contribution in [0.5, 0.6) is 0 Å². The third-order valence-electron chi connectivity index (χ3n) is 8.29. The van der Waals surface area contributed by atoms with Crippen molar-refractivity contribution in [2.45, 2.75) is 77.9 Å². The smallest absolute Gasteiger partial charge is 0.255 e. The van der Waals surface area contributed by atoms with Crippen LogP contribution in [0.25, 0.3) is 11.3 Å². The number of amides is 2. The van der Waals surface area contributed by atoms with Crippen molar-refractivity contribution in [1.82, 2.24) is 20.4 Å². The number of fused-ring (bicyclic) bond motifs is 2. The number of aromatic amines is 1. The van der Waals surface area contributed by atoms with Crippen molar-refractivity contribution < 1.29 is 9.59 Å². The number of aromatic nitrogens is 2. The molecule has 0 unspecified atom stereocenters. The molecule has 6 heteroatoms. The molecule has 0 bridgehead atoms. The molecule has 6 nitrogen and oxygen atoms in total. The zero-order chi connectivity index (χ0) is 25.0. The van der Waals surface area contributed by atoms with Crippen molar-refractivity contribution in [3.63, 3.8) is 0 Å². The summed E-state index contributed by atoms with van der Waals surface area (Å²) in [6.07, 6.45) is 6.56. The van der Waals surface area contributed by atoms with Gasteiger partial charge in [-0.25, -0.2) is 0 Å². The van der Waals surface area contributed by atoms with Crippen LogP contribution in [0.2, 0.25) is 0 Å². The number of carbonyl (C=O) groups excluding carboxylic acids is 2. The maximum atomic E-state index is 13.3. The molecule has 1 saturated carbocycles. The topological polar surface area (TPSA) is 78.1 Å². The lowest BCUT2D eigenvalue weighted by atomic mass is 9.90. The van der Waals surface area contributed by atoms with Crippen molar-refractivity contribution in [3.8, 4) is 11.3 Å². The van der Waals surface area contributed by atoms with E-state index in [1.807, 2.05) is 41.3 Å². The molecule has 3 aromatic rings. The van der Waals surface area contributed by atoms with Crippen molar-refractivity contribution >= 4 is 11.8 Å². The number of hydrogen-bond donors (Lipinski definition) is 2. The van der Waals surface area contributed by atoms with E-state index >= 15 is 0 Å². The summed E-state index contributed by atoms with van der Waals surface area (Å²) in [5.74, 6) is 0.0482. The minimum absolute atomic E-state index is 0.00785. The number of nitrogens with one attached hydrogen (secondary N) is 2. The fourth-order valence-electron chi connectivity index (χ4n) is 6.23. The van der Waals surface area contributed by atoms with Crippen LogP contribution >= 0.6 is 0 Å². The van der Waals surface area contributed by atoms with Crippen LogP contribution in [-0.4, -0.2) is 33.0 Å². The molecule has 2 aromatic carbocycles. The summed E-state index contributed by atoms with van der Waals surface area (Å²) < 4.78 is 0. The first-order valence-corrected chi connectivity index (χ1v) is 13.2. The van der Waals surface area contributed by atoms with Crippen LogP contribution in [0.15, 0.2) is 42.5 Å². The number of hydrogen-bond acceptors (Lipinski definition) is 3. The first-order chi connectivity index (χ1) is 17.3. The van der Waals surface area contributed by atoms with Gasteiger partial charge < -0.3 is 10.2 Å². The van der Waals surface area contributed by atoms with Crippen LogP contribution in [0.4, 0.5) is 0 Å². The second-order valence-electron chi connectivity index (χ2n) is 11.6. The second kappa shape index (κ2) is 8.61. The summed E-state index contributed by atoms with van der Waals surface area (Å²) in [6.45, 7) is 7.21. The molecule has 1 fully saturated rings. The molecule has 6 rings (SSSR count). The van der Waals surface area contributed by atoms with Gasteiger partial charge in [0.15, 0.2) is 0 Å². The lowest BCUT2D eigenvalue weighted by molar-refractivity contribution is 0.0715. The van der Waals surface area contributed by atoms with Gasteiger partial charge in [0.2, 0.25) is 0 Å². The Morgan fingerprint density at radius 3 is 2.61 bits per heavy atom. The van der Waals surface area contributed by atoms with E-state index in [1.54, 1.807) is 0 Å². The van der Waals surface area contributed by atoms with E-state index < -0.39 is 0 Å². The molecule has 2 amide bonds. The third kappa shape index (κ3) is 4.02. The molecule has 0 radical (unpaired) electrons. The van der Waals surface area contributed by atoms with Gasteiger partial charge >= 0.3 is 0 Å². The molecule has 0 saturated heterocycles. The average molecular weight is 483 g/mol. The van der Waals surface area contributed by atoms with E-state index in [9.17, 15) is 9.59 Å². The summed E-state index contributed by atoms with van der Waals surface area (Å²) in [5.41, 5.74) is 8.41. The van der Waals surface area contributed by atoms with Gasteiger partial charge in [-0.05, 0) is 73.4 Å². The minimum atomic E-state index is -0.0873. The molecule has 2 heterocycles. The lowest BCUT2D eigenvalue weighted by Crippen LogP contribution is -2.32. The highest BCUT2D eigenvalue weighted by atomic mass is 16.2. The van der Waals surface area contributed by atoms with Crippen molar-refractivity contribution in [1.29, 1.82) is 0 Å². The van der Waals surface area contributed by atoms with Crippen LogP contribution in [-0.2, 0) is 19.4 Å². The molecule has 2 N–H and O–H groups in total. The van der Waals surface area contributed by atoms with Crippen molar-refractivity contribution in [2.75, 3.05) is 0 Å². The highest BCUT2D eigenvalue weighted by Crippen LogP contribution is 2.41. The monoisotopic (exact) mass is 482 g/mol. The number of rotatable bonds is 5. The Morgan fingerprint density at radius 1 is 1.11 bits per heavy atom. The van der Waals surface area contributed by atoms with Gasteiger partial charge in [0.25, 0.3) is 11.8 Å². The van der Waals surface area contributed by atoms with E-state index in [1.165, 1.54) is 24.1 Å². The molecule has 36 heavy (non-hydrogen) atoms. The van der Waals surface area contributed by atoms with Crippen LogP contribution in [0.3, 0.4) is 0 Å². The molecule has 3 aliphatic rings. The maximum Gasteiger partial charge on any atom is 0.255 e. The Balaban J connectivity index is 1.18. The predicted octanol–water partition coefficient (Wildman–Crippen LogP) is 5.59. The summed E-state index contributed by atoms with van der Waals surface area (Å²) >= 11 is 0. The summed E-state index contributed by atoms with van der Waals surface area (Å²) in [4.78, 5) is 27.8. The highest BCUT2D eigenvalue weighted by molar-refractivity contribution is 5.99. The van der Waals surface area contributed by atoms with E-state index in [2.05, 4.69) is 42.4 Å². The third-order valence-corrected chi connectivity index (χ3v) is 8.29. The van der Waals surface area contributed by atoms with Crippen LogP contribution in [0, 0.1) is 5.41 Å². The van der Waals surface area contributed by atoms with Gasteiger partial charge in [-0.2, -0.15) is 5.10 Å². The van der Waals surface area contributed by atoms with Crippen molar-refractivity contribution in [2.24, 2.45) is 5.41 Å². The SMILES string of the molecule is C[C@H](c1ccc(C(=O)NC2CCCC2)cc1)N1Cc2cc(-c3n[nH]c4c3CC(C)(C)C4)ccc2C1=O. The zero-order valence-electron chi connectivity index (χ0n) is 21.4. The molecule has 1 atom stereocenters. The van der Waals surface area contributed by atoms with Gasteiger partial charge in [0, 0.05) is 40.5 Å². The van der Waals surface area contributed by atoms with E-state index in [4.69, 9.17) is 0 Å². The number of nitrogens with zero attached hydrogens (tertiary/aromatic N) is 2.